The van der Waals surface area contributed by atoms with Gasteiger partial charge in [-0.2, -0.15) is 5.10 Å². The molecule has 4 aromatic rings. The Balaban J connectivity index is 1.22. The van der Waals surface area contributed by atoms with Gasteiger partial charge in [0.05, 0.1) is 6.20 Å². The second-order valence-electron chi connectivity index (χ2n) is 8.82. The fraction of sp³-hybridized carbons (Fsp3) is 0.296. The van der Waals surface area contributed by atoms with Crippen molar-refractivity contribution in [2.75, 3.05) is 13.1 Å². The lowest BCUT2D eigenvalue weighted by atomic mass is 9.90. The van der Waals surface area contributed by atoms with Gasteiger partial charge in [-0.25, -0.2) is 0 Å². The number of rotatable bonds is 6. The Labute approximate surface area is 188 Å². The molecule has 0 unspecified atom stereocenters. The van der Waals surface area contributed by atoms with Crippen molar-refractivity contribution in [3.05, 3.63) is 84.4 Å². The molecule has 0 aliphatic carbocycles. The predicted molar refractivity (Wildman–Crippen MR) is 127 cm³/mol. The van der Waals surface area contributed by atoms with Gasteiger partial charge in [0, 0.05) is 55.0 Å². The summed E-state index contributed by atoms with van der Waals surface area (Å²) in [5.41, 5.74) is 4.41. The summed E-state index contributed by atoms with van der Waals surface area (Å²) in [6.45, 7) is 2.92. The number of pyridine rings is 1. The minimum atomic E-state index is 0.140. The molecule has 1 saturated heterocycles. The molecule has 0 bridgehead atoms. The molecule has 0 N–H and O–H groups in total. The second-order valence-corrected chi connectivity index (χ2v) is 8.82. The summed E-state index contributed by atoms with van der Waals surface area (Å²) in [7, 11) is 1.92. The van der Waals surface area contributed by atoms with Crippen LogP contribution in [-0.2, 0) is 24.8 Å². The Bertz CT molecular complexity index is 1220. The van der Waals surface area contributed by atoms with Crippen molar-refractivity contribution in [2.24, 2.45) is 13.0 Å². The number of aryl methyl sites for hydroxylation is 1. The van der Waals surface area contributed by atoms with Crippen molar-refractivity contribution in [3.63, 3.8) is 0 Å². The number of carbonyl (C=O) groups is 1. The Morgan fingerprint density at radius 1 is 0.969 bits per heavy atom. The van der Waals surface area contributed by atoms with E-state index in [1.165, 1.54) is 5.56 Å². The van der Waals surface area contributed by atoms with Crippen molar-refractivity contribution >= 4 is 16.6 Å². The SMILES string of the molecule is Cn1cc(-c2ccc3cnc(CC(=O)C4CCN(Cc5ccccc5)CC4)cc3c2)cn1. The van der Waals surface area contributed by atoms with E-state index in [9.17, 15) is 4.79 Å². The predicted octanol–water partition coefficient (Wildman–Crippen LogP) is 4.66. The third-order valence-corrected chi connectivity index (χ3v) is 6.46. The Hall–Kier alpha value is -3.31. The minimum Gasteiger partial charge on any atom is -0.299 e. The molecule has 0 radical (unpaired) electrons. The molecule has 1 fully saturated rings. The average Bonchev–Trinajstić information content (AvgIpc) is 3.26. The molecule has 2 aromatic carbocycles. The van der Waals surface area contributed by atoms with E-state index < -0.39 is 0 Å². The maximum absolute atomic E-state index is 13.0. The molecule has 1 aliphatic rings. The van der Waals surface area contributed by atoms with Gasteiger partial charge in [0.25, 0.3) is 0 Å². The standard InChI is InChI=1S/C27H28N4O/c1-30-19-25(17-29-30)22-7-8-23-16-28-26(14-24(23)13-22)15-27(32)21-9-11-31(12-10-21)18-20-5-3-2-4-6-20/h2-8,13-14,16-17,19,21H,9-12,15,18H2,1H3. The maximum atomic E-state index is 13.0. The molecule has 2 aromatic heterocycles. The van der Waals surface area contributed by atoms with E-state index >= 15 is 0 Å². The Morgan fingerprint density at radius 2 is 1.78 bits per heavy atom. The highest BCUT2D eigenvalue weighted by Gasteiger charge is 2.25. The van der Waals surface area contributed by atoms with Crippen LogP contribution in [0.3, 0.4) is 0 Å². The van der Waals surface area contributed by atoms with E-state index in [2.05, 4.69) is 69.6 Å². The lowest BCUT2D eigenvalue weighted by molar-refractivity contribution is -0.123. The lowest BCUT2D eigenvalue weighted by Crippen LogP contribution is -2.36. The first kappa shape index (κ1) is 20.6. The van der Waals surface area contributed by atoms with E-state index in [0.717, 1.165) is 60.1 Å². The number of Topliss-reactive ketones (excluding diaryl/α,β-unsaturated/α-hetero) is 1. The van der Waals surface area contributed by atoms with E-state index in [4.69, 9.17) is 0 Å². The van der Waals surface area contributed by atoms with Crippen LogP contribution in [0, 0.1) is 5.92 Å². The summed E-state index contributed by atoms with van der Waals surface area (Å²) in [6, 6.07) is 19.0. The number of aromatic nitrogens is 3. The number of benzene rings is 2. The van der Waals surface area contributed by atoms with Crippen LogP contribution in [0.4, 0.5) is 0 Å². The molecule has 0 spiro atoms. The molecule has 5 rings (SSSR count). The zero-order valence-electron chi connectivity index (χ0n) is 18.4. The number of likely N-dealkylation sites (tertiary alicyclic amines) is 1. The topological polar surface area (TPSA) is 51.0 Å². The van der Waals surface area contributed by atoms with Crippen LogP contribution in [0.1, 0.15) is 24.1 Å². The van der Waals surface area contributed by atoms with Crippen LogP contribution in [0.25, 0.3) is 21.9 Å². The van der Waals surface area contributed by atoms with Gasteiger partial charge in [0.2, 0.25) is 0 Å². The highest BCUT2D eigenvalue weighted by molar-refractivity contribution is 5.88. The quantitative estimate of drug-likeness (QED) is 0.452. The first-order chi connectivity index (χ1) is 15.6. The van der Waals surface area contributed by atoms with Gasteiger partial charge in [0.1, 0.15) is 5.78 Å². The van der Waals surface area contributed by atoms with Gasteiger partial charge < -0.3 is 0 Å². The van der Waals surface area contributed by atoms with Crippen molar-refractivity contribution < 1.29 is 4.79 Å². The van der Waals surface area contributed by atoms with Crippen LogP contribution in [0.15, 0.2) is 73.2 Å². The fourth-order valence-electron chi connectivity index (χ4n) is 4.61. The third kappa shape index (κ3) is 4.63. The summed E-state index contributed by atoms with van der Waals surface area (Å²) in [4.78, 5) is 20.0. The molecule has 1 aliphatic heterocycles. The molecular weight excluding hydrogens is 396 g/mol. The largest absolute Gasteiger partial charge is 0.299 e. The van der Waals surface area contributed by atoms with Gasteiger partial charge in [-0.3, -0.25) is 19.4 Å². The van der Waals surface area contributed by atoms with Crippen LogP contribution in [0.5, 0.6) is 0 Å². The van der Waals surface area contributed by atoms with Gasteiger partial charge in [-0.1, -0.05) is 42.5 Å². The van der Waals surface area contributed by atoms with Crippen LogP contribution in [0.2, 0.25) is 0 Å². The number of piperidine rings is 1. The third-order valence-electron chi connectivity index (χ3n) is 6.46. The maximum Gasteiger partial charge on any atom is 0.142 e. The number of ketones is 1. The van der Waals surface area contributed by atoms with Crippen molar-refractivity contribution in [1.82, 2.24) is 19.7 Å². The van der Waals surface area contributed by atoms with Crippen LogP contribution < -0.4 is 0 Å². The average molecular weight is 425 g/mol. The molecule has 0 atom stereocenters. The van der Waals surface area contributed by atoms with Crippen molar-refractivity contribution in [2.45, 2.75) is 25.8 Å². The van der Waals surface area contributed by atoms with E-state index in [1.807, 2.05) is 25.6 Å². The highest BCUT2D eigenvalue weighted by atomic mass is 16.1. The molecule has 32 heavy (non-hydrogen) atoms. The minimum absolute atomic E-state index is 0.140. The Morgan fingerprint density at radius 3 is 2.53 bits per heavy atom. The van der Waals surface area contributed by atoms with E-state index in [-0.39, 0.29) is 5.92 Å². The molecule has 162 valence electrons. The van der Waals surface area contributed by atoms with E-state index in [1.54, 1.807) is 4.68 Å². The first-order valence-electron chi connectivity index (χ1n) is 11.3. The summed E-state index contributed by atoms with van der Waals surface area (Å²) in [5, 5.41) is 6.47. The number of nitrogens with zero attached hydrogens (tertiary/aromatic N) is 4. The smallest absolute Gasteiger partial charge is 0.142 e. The van der Waals surface area contributed by atoms with Gasteiger partial charge >= 0.3 is 0 Å². The number of hydrogen-bond donors (Lipinski definition) is 0. The fourth-order valence-corrected chi connectivity index (χ4v) is 4.61. The number of fused-ring (bicyclic) bond motifs is 1. The van der Waals surface area contributed by atoms with Crippen molar-refractivity contribution in [3.8, 4) is 11.1 Å². The highest BCUT2D eigenvalue weighted by Crippen LogP contribution is 2.25. The summed E-state index contributed by atoms with van der Waals surface area (Å²) in [6.07, 6.45) is 8.05. The molecule has 5 nitrogen and oxygen atoms in total. The number of hydrogen-bond acceptors (Lipinski definition) is 4. The molecule has 0 saturated carbocycles. The molecular formula is C27H28N4O. The molecule has 3 heterocycles. The zero-order valence-corrected chi connectivity index (χ0v) is 18.4. The normalized spacial score (nSPS) is 15.3. The first-order valence-corrected chi connectivity index (χ1v) is 11.3. The lowest BCUT2D eigenvalue weighted by Gasteiger charge is -2.31. The zero-order chi connectivity index (χ0) is 21.9. The van der Waals surface area contributed by atoms with Crippen LogP contribution >= 0.6 is 0 Å². The second kappa shape index (κ2) is 9.05. The summed E-state index contributed by atoms with van der Waals surface area (Å²) >= 11 is 0. The van der Waals surface area contributed by atoms with E-state index in [0.29, 0.717) is 12.2 Å². The molecule has 0 amide bonds. The molecule has 5 heteroatoms. The van der Waals surface area contributed by atoms with Crippen LogP contribution in [-0.4, -0.2) is 38.5 Å². The number of carbonyl (C=O) groups excluding carboxylic acids is 1. The van der Waals surface area contributed by atoms with Gasteiger partial charge in [-0.05, 0) is 54.6 Å². The van der Waals surface area contributed by atoms with Gasteiger partial charge in [0.15, 0.2) is 0 Å². The van der Waals surface area contributed by atoms with Crippen molar-refractivity contribution in [1.29, 1.82) is 0 Å². The summed E-state index contributed by atoms with van der Waals surface area (Å²) < 4.78 is 1.81. The van der Waals surface area contributed by atoms with Gasteiger partial charge in [-0.15, -0.1) is 0 Å². The monoisotopic (exact) mass is 424 g/mol. The Kier molecular flexibility index (Phi) is 5.82. The summed E-state index contributed by atoms with van der Waals surface area (Å²) in [5.74, 6) is 0.459.